The van der Waals surface area contributed by atoms with Crippen LogP contribution in [-0.2, 0) is 14.6 Å². The first-order valence-corrected chi connectivity index (χ1v) is 10.6. The number of hydrazine groups is 1. The van der Waals surface area contributed by atoms with Gasteiger partial charge in [-0.2, -0.15) is 0 Å². The lowest BCUT2D eigenvalue weighted by molar-refractivity contribution is -0.119. The van der Waals surface area contributed by atoms with E-state index in [1.165, 1.54) is 11.8 Å². The number of thioether (sulfide) groups is 1. The third-order valence-electron chi connectivity index (χ3n) is 4.01. The van der Waals surface area contributed by atoms with Gasteiger partial charge >= 0.3 is 5.91 Å². The van der Waals surface area contributed by atoms with E-state index in [9.17, 15) is 18.0 Å². The van der Waals surface area contributed by atoms with Crippen LogP contribution in [0.1, 0.15) is 22.5 Å². The van der Waals surface area contributed by atoms with Gasteiger partial charge in [-0.3, -0.25) is 20.4 Å². The molecular weight excluding hydrogens is 364 g/mol. The highest BCUT2D eigenvalue weighted by Gasteiger charge is 2.28. The fourth-order valence-corrected chi connectivity index (χ4v) is 6.14. The van der Waals surface area contributed by atoms with Gasteiger partial charge in [-0.05, 0) is 19.4 Å². The van der Waals surface area contributed by atoms with Crippen LogP contribution in [0, 0.1) is 6.92 Å². The smallest absolute Gasteiger partial charge is 0.305 e. The Morgan fingerprint density at radius 3 is 2.72 bits per heavy atom. The summed E-state index contributed by atoms with van der Waals surface area (Å²) in [7, 11) is -2.96. The molecule has 0 radical (unpaired) electrons. The summed E-state index contributed by atoms with van der Waals surface area (Å²) in [5.74, 6) is -0.411. The number of furan rings is 1. The Hall–Kier alpha value is -2.00. The van der Waals surface area contributed by atoms with Gasteiger partial charge in [0.05, 0.1) is 17.3 Å². The van der Waals surface area contributed by atoms with Crippen LogP contribution in [0.3, 0.4) is 0 Å². The third-order valence-corrected chi connectivity index (χ3v) is 7.29. The molecule has 0 saturated carbocycles. The molecule has 2 aromatic rings. The van der Waals surface area contributed by atoms with Crippen LogP contribution in [0.25, 0.3) is 11.0 Å². The number of amides is 2. The zero-order valence-electron chi connectivity index (χ0n) is 13.6. The average molecular weight is 382 g/mol. The highest BCUT2D eigenvalue weighted by Crippen LogP contribution is 2.25. The number of hydrogen-bond acceptors (Lipinski definition) is 6. The van der Waals surface area contributed by atoms with E-state index in [0.29, 0.717) is 17.6 Å². The van der Waals surface area contributed by atoms with E-state index in [1.54, 1.807) is 13.0 Å². The van der Waals surface area contributed by atoms with Crippen LogP contribution in [-0.4, -0.2) is 42.7 Å². The van der Waals surface area contributed by atoms with Crippen LogP contribution in [0.5, 0.6) is 0 Å². The van der Waals surface area contributed by atoms with Gasteiger partial charge < -0.3 is 4.42 Å². The lowest BCUT2D eigenvalue weighted by Crippen LogP contribution is -2.42. The Morgan fingerprint density at radius 2 is 2.04 bits per heavy atom. The van der Waals surface area contributed by atoms with E-state index in [0.717, 1.165) is 5.39 Å². The third kappa shape index (κ3) is 4.16. The standard InChI is InChI=1S/C16H18N2O5S2/c1-10-12-4-2-3-5-13(12)23-15(10)16(20)18-17-14(19)8-24-11-6-7-25(21,22)9-11/h2-5,11H,6-9H2,1H3,(H,17,19)(H,18,20)/t11-/m1/s1. The van der Waals surface area contributed by atoms with Gasteiger partial charge in [0, 0.05) is 16.2 Å². The maximum atomic E-state index is 12.2. The van der Waals surface area contributed by atoms with Crippen molar-refractivity contribution in [2.75, 3.05) is 17.3 Å². The molecule has 0 aliphatic carbocycles. The molecule has 2 amide bonds. The molecule has 0 bridgehead atoms. The summed E-state index contributed by atoms with van der Waals surface area (Å²) in [4.78, 5) is 24.0. The number of carbonyl (C=O) groups is 2. The number of aryl methyl sites for hydroxylation is 1. The monoisotopic (exact) mass is 382 g/mol. The number of sulfone groups is 1. The summed E-state index contributed by atoms with van der Waals surface area (Å²) in [5, 5.41) is 0.779. The summed E-state index contributed by atoms with van der Waals surface area (Å²) in [6, 6.07) is 7.30. The highest BCUT2D eigenvalue weighted by molar-refractivity contribution is 8.02. The molecular formula is C16H18N2O5S2. The Labute approximate surface area is 149 Å². The summed E-state index contributed by atoms with van der Waals surface area (Å²) in [5.41, 5.74) is 5.96. The number of fused-ring (bicyclic) bond motifs is 1. The van der Waals surface area contributed by atoms with Crippen LogP contribution in [0.4, 0.5) is 0 Å². The molecule has 2 heterocycles. The molecule has 1 atom stereocenters. The summed E-state index contributed by atoms with van der Waals surface area (Å²) in [6.07, 6.45) is 0.560. The zero-order chi connectivity index (χ0) is 18.0. The van der Waals surface area contributed by atoms with Gasteiger partial charge in [0.25, 0.3) is 0 Å². The predicted molar refractivity (Wildman–Crippen MR) is 96.1 cm³/mol. The van der Waals surface area contributed by atoms with Crippen molar-refractivity contribution >= 4 is 44.4 Å². The molecule has 1 aliphatic heterocycles. The zero-order valence-corrected chi connectivity index (χ0v) is 15.2. The summed E-state index contributed by atoms with van der Waals surface area (Å²) < 4.78 is 28.3. The second kappa shape index (κ2) is 7.09. The van der Waals surface area contributed by atoms with Crippen molar-refractivity contribution in [3.8, 4) is 0 Å². The van der Waals surface area contributed by atoms with Crippen molar-refractivity contribution in [3.63, 3.8) is 0 Å². The minimum Gasteiger partial charge on any atom is -0.451 e. The molecule has 3 rings (SSSR count). The highest BCUT2D eigenvalue weighted by atomic mass is 32.2. The van der Waals surface area contributed by atoms with E-state index in [2.05, 4.69) is 10.9 Å². The normalized spacial score (nSPS) is 19.0. The lowest BCUT2D eigenvalue weighted by atomic mass is 10.1. The van der Waals surface area contributed by atoms with Crippen molar-refractivity contribution in [2.45, 2.75) is 18.6 Å². The predicted octanol–water partition coefficient (Wildman–Crippen LogP) is 1.42. The average Bonchev–Trinajstić information content (AvgIpc) is 3.10. The largest absolute Gasteiger partial charge is 0.451 e. The minimum absolute atomic E-state index is 0.0657. The van der Waals surface area contributed by atoms with Crippen molar-refractivity contribution in [3.05, 3.63) is 35.6 Å². The fourth-order valence-electron chi connectivity index (χ4n) is 2.70. The van der Waals surface area contributed by atoms with Crippen molar-refractivity contribution < 1.29 is 22.4 Å². The first kappa shape index (κ1) is 17.8. The summed E-state index contributed by atoms with van der Waals surface area (Å²) in [6.45, 7) is 1.78. The van der Waals surface area contributed by atoms with E-state index < -0.39 is 21.7 Å². The van der Waals surface area contributed by atoms with Crippen LogP contribution < -0.4 is 10.9 Å². The molecule has 1 aromatic heterocycles. The molecule has 9 heteroatoms. The van der Waals surface area contributed by atoms with Gasteiger partial charge in [-0.25, -0.2) is 8.42 Å². The molecule has 1 saturated heterocycles. The quantitative estimate of drug-likeness (QED) is 0.775. The van der Waals surface area contributed by atoms with Crippen LogP contribution in [0.2, 0.25) is 0 Å². The molecule has 1 fully saturated rings. The van der Waals surface area contributed by atoms with Gasteiger partial charge in [-0.1, -0.05) is 18.2 Å². The number of para-hydroxylation sites is 1. The van der Waals surface area contributed by atoms with Crippen LogP contribution in [0.15, 0.2) is 28.7 Å². The van der Waals surface area contributed by atoms with Gasteiger partial charge in [-0.15, -0.1) is 11.8 Å². The van der Waals surface area contributed by atoms with E-state index in [-0.39, 0.29) is 28.3 Å². The SMILES string of the molecule is Cc1c(C(=O)NNC(=O)CS[C@@H]2CCS(=O)(=O)C2)oc2ccccc12. The summed E-state index contributed by atoms with van der Waals surface area (Å²) >= 11 is 1.28. The number of hydrogen-bond donors (Lipinski definition) is 2. The molecule has 25 heavy (non-hydrogen) atoms. The van der Waals surface area contributed by atoms with E-state index in [1.807, 2.05) is 18.2 Å². The second-order valence-electron chi connectivity index (χ2n) is 5.89. The van der Waals surface area contributed by atoms with E-state index in [4.69, 9.17) is 4.42 Å². The van der Waals surface area contributed by atoms with Gasteiger partial charge in [0.2, 0.25) is 5.91 Å². The first-order chi connectivity index (χ1) is 11.9. The molecule has 2 N–H and O–H groups in total. The van der Waals surface area contributed by atoms with Crippen LogP contribution >= 0.6 is 11.8 Å². The number of benzene rings is 1. The van der Waals surface area contributed by atoms with Crippen molar-refractivity contribution in [1.82, 2.24) is 10.9 Å². The van der Waals surface area contributed by atoms with Crippen molar-refractivity contribution in [1.29, 1.82) is 0 Å². The Bertz CT molecular complexity index is 920. The minimum atomic E-state index is -2.96. The maximum absolute atomic E-state index is 12.2. The first-order valence-electron chi connectivity index (χ1n) is 7.75. The molecule has 1 aromatic carbocycles. The van der Waals surface area contributed by atoms with E-state index >= 15 is 0 Å². The molecule has 0 spiro atoms. The molecule has 134 valence electrons. The topological polar surface area (TPSA) is 105 Å². The Kier molecular flexibility index (Phi) is 5.05. The Balaban J connectivity index is 1.51. The molecule has 7 nitrogen and oxygen atoms in total. The number of carbonyl (C=O) groups excluding carboxylic acids is 2. The Morgan fingerprint density at radius 1 is 1.28 bits per heavy atom. The van der Waals surface area contributed by atoms with Crippen molar-refractivity contribution in [2.24, 2.45) is 0 Å². The number of rotatable bonds is 4. The maximum Gasteiger partial charge on any atom is 0.305 e. The molecule has 0 unspecified atom stereocenters. The van der Waals surface area contributed by atoms with Gasteiger partial charge in [0.1, 0.15) is 5.58 Å². The number of nitrogens with one attached hydrogen (secondary N) is 2. The lowest BCUT2D eigenvalue weighted by Gasteiger charge is -2.09. The fraction of sp³-hybridized carbons (Fsp3) is 0.375. The second-order valence-corrected chi connectivity index (χ2v) is 9.41. The molecule has 1 aliphatic rings. The van der Waals surface area contributed by atoms with Gasteiger partial charge in [0.15, 0.2) is 15.6 Å².